The summed E-state index contributed by atoms with van der Waals surface area (Å²) in [6.45, 7) is 4.82. The lowest BCUT2D eigenvalue weighted by molar-refractivity contribution is 0.232. The molecule has 3 aliphatic carbocycles. The first-order valence-electron chi connectivity index (χ1n) is 12.6. The van der Waals surface area contributed by atoms with Gasteiger partial charge in [0.15, 0.2) is 0 Å². The summed E-state index contributed by atoms with van der Waals surface area (Å²) in [6, 6.07) is 0. The van der Waals surface area contributed by atoms with Crippen molar-refractivity contribution in [3.63, 3.8) is 0 Å². The smallest absolute Gasteiger partial charge is 0.0827 e. The van der Waals surface area contributed by atoms with E-state index in [1.165, 1.54) is 89.9 Å². The van der Waals surface area contributed by atoms with Crippen molar-refractivity contribution in [2.45, 2.75) is 110 Å². The fourth-order valence-electron chi connectivity index (χ4n) is 6.34. The molecule has 3 rings (SSSR count). The van der Waals surface area contributed by atoms with Gasteiger partial charge in [-0.15, -0.1) is 0 Å². The van der Waals surface area contributed by atoms with Crippen molar-refractivity contribution in [1.82, 2.24) is 0 Å². The second kappa shape index (κ2) is 11.6. The second-order valence-electron chi connectivity index (χ2n) is 10.7. The summed E-state index contributed by atoms with van der Waals surface area (Å²) in [5.41, 5.74) is 1.67. The molecule has 3 saturated carbocycles. The highest BCUT2D eigenvalue weighted by Gasteiger charge is 2.25. The summed E-state index contributed by atoms with van der Waals surface area (Å²) in [5.74, 6) is 5.42. The Balaban J connectivity index is 1.33. The van der Waals surface area contributed by atoms with E-state index in [-0.39, 0.29) is 0 Å². The van der Waals surface area contributed by atoms with Gasteiger partial charge in [0.1, 0.15) is 0 Å². The maximum absolute atomic E-state index is 12.2. The van der Waals surface area contributed by atoms with Crippen molar-refractivity contribution in [3.05, 3.63) is 24.1 Å². The molecule has 0 aromatic heterocycles. The third kappa shape index (κ3) is 7.03. The molecule has 28 heavy (non-hydrogen) atoms. The standard InChI is InChI=1S/C27H45F/c1-21-5-7-24(8-6-21)9-10-25-11-13-26(14-12-25)20-22(2)27-17-15-23(16-18-27)4-3-19-28/h3,19-21,23-27H,4-18H2,1-2H3/b19-3+,22-20+. The Hall–Kier alpha value is -0.590. The summed E-state index contributed by atoms with van der Waals surface area (Å²) in [7, 11) is 0. The van der Waals surface area contributed by atoms with E-state index in [0.29, 0.717) is 0 Å². The van der Waals surface area contributed by atoms with Crippen LogP contribution in [-0.4, -0.2) is 0 Å². The quantitative estimate of drug-likeness (QED) is 0.382. The van der Waals surface area contributed by atoms with Crippen LogP contribution in [0.15, 0.2) is 24.1 Å². The first kappa shape index (κ1) is 22.1. The van der Waals surface area contributed by atoms with Crippen LogP contribution in [0.25, 0.3) is 0 Å². The van der Waals surface area contributed by atoms with E-state index in [1.54, 1.807) is 11.6 Å². The molecule has 0 bridgehead atoms. The Morgan fingerprint density at radius 3 is 1.86 bits per heavy atom. The van der Waals surface area contributed by atoms with Crippen LogP contribution in [0.1, 0.15) is 110 Å². The fraction of sp³-hybridized carbons (Fsp3) is 0.852. The van der Waals surface area contributed by atoms with E-state index in [0.717, 1.165) is 48.3 Å². The molecule has 3 fully saturated rings. The molecule has 0 radical (unpaired) electrons. The third-order valence-corrected chi connectivity index (χ3v) is 8.56. The van der Waals surface area contributed by atoms with E-state index < -0.39 is 0 Å². The summed E-state index contributed by atoms with van der Waals surface area (Å²) < 4.78 is 12.2. The zero-order chi connectivity index (χ0) is 19.8. The number of halogens is 1. The van der Waals surface area contributed by atoms with Crippen molar-refractivity contribution < 1.29 is 4.39 Å². The summed E-state index contributed by atoms with van der Waals surface area (Å²) in [6.07, 6.45) is 26.0. The minimum atomic E-state index is 0.721. The van der Waals surface area contributed by atoms with E-state index in [2.05, 4.69) is 19.9 Å². The molecule has 0 heterocycles. The van der Waals surface area contributed by atoms with Crippen LogP contribution >= 0.6 is 0 Å². The van der Waals surface area contributed by atoms with Gasteiger partial charge in [-0.1, -0.05) is 63.2 Å². The van der Waals surface area contributed by atoms with E-state index in [1.807, 2.05) is 0 Å². The molecule has 0 atom stereocenters. The van der Waals surface area contributed by atoms with Gasteiger partial charge in [-0.3, -0.25) is 0 Å². The van der Waals surface area contributed by atoms with Gasteiger partial charge in [0.25, 0.3) is 0 Å². The topological polar surface area (TPSA) is 0 Å². The fourth-order valence-corrected chi connectivity index (χ4v) is 6.34. The monoisotopic (exact) mass is 388 g/mol. The largest absolute Gasteiger partial charge is 0.216 e. The van der Waals surface area contributed by atoms with Crippen molar-refractivity contribution in [2.75, 3.05) is 0 Å². The zero-order valence-electron chi connectivity index (χ0n) is 18.7. The Morgan fingerprint density at radius 2 is 1.29 bits per heavy atom. The van der Waals surface area contributed by atoms with Crippen LogP contribution in [0.2, 0.25) is 0 Å². The highest BCUT2D eigenvalue weighted by atomic mass is 19.1. The summed E-state index contributed by atoms with van der Waals surface area (Å²) in [5, 5.41) is 0. The Bertz CT molecular complexity index is 480. The highest BCUT2D eigenvalue weighted by molar-refractivity contribution is 5.08. The second-order valence-corrected chi connectivity index (χ2v) is 10.7. The molecule has 0 saturated heterocycles. The van der Waals surface area contributed by atoms with Gasteiger partial charge >= 0.3 is 0 Å². The van der Waals surface area contributed by atoms with Crippen molar-refractivity contribution in [2.24, 2.45) is 35.5 Å². The summed E-state index contributed by atoms with van der Waals surface area (Å²) >= 11 is 0. The predicted molar refractivity (Wildman–Crippen MR) is 120 cm³/mol. The molecule has 1 heteroatoms. The van der Waals surface area contributed by atoms with Gasteiger partial charge < -0.3 is 0 Å². The van der Waals surface area contributed by atoms with Crippen molar-refractivity contribution in [3.8, 4) is 0 Å². The molecular formula is C27H45F. The molecule has 0 spiro atoms. The molecular weight excluding hydrogens is 343 g/mol. The maximum atomic E-state index is 12.2. The molecule has 0 amide bonds. The molecule has 0 unspecified atom stereocenters. The van der Waals surface area contributed by atoms with Crippen LogP contribution in [0, 0.1) is 35.5 Å². The Labute approximate surface area is 174 Å². The number of hydrogen-bond donors (Lipinski definition) is 0. The lowest BCUT2D eigenvalue weighted by Gasteiger charge is -2.32. The predicted octanol–water partition coefficient (Wildman–Crippen LogP) is 9.03. The van der Waals surface area contributed by atoms with Gasteiger partial charge in [-0.2, -0.15) is 0 Å². The molecule has 0 nitrogen and oxygen atoms in total. The third-order valence-electron chi connectivity index (χ3n) is 8.56. The van der Waals surface area contributed by atoms with Crippen LogP contribution in [0.4, 0.5) is 4.39 Å². The van der Waals surface area contributed by atoms with Gasteiger partial charge in [0.05, 0.1) is 6.33 Å². The van der Waals surface area contributed by atoms with Crippen LogP contribution < -0.4 is 0 Å². The van der Waals surface area contributed by atoms with Crippen LogP contribution in [-0.2, 0) is 0 Å². The van der Waals surface area contributed by atoms with E-state index in [4.69, 9.17) is 0 Å². The lowest BCUT2D eigenvalue weighted by Crippen LogP contribution is -2.18. The van der Waals surface area contributed by atoms with E-state index >= 15 is 0 Å². The maximum Gasteiger partial charge on any atom is 0.0827 e. The average Bonchev–Trinajstić information content (AvgIpc) is 2.73. The highest BCUT2D eigenvalue weighted by Crippen LogP contribution is 2.39. The first-order chi connectivity index (χ1) is 13.6. The number of allylic oxidation sites excluding steroid dienone is 3. The zero-order valence-corrected chi connectivity index (χ0v) is 18.7. The lowest BCUT2D eigenvalue weighted by atomic mass is 9.74. The molecule has 0 aliphatic heterocycles. The van der Waals surface area contributed by atoms with Gasteiger partial charge in [-0.25, -0.2) is 4.39 Å². The van der Waals surface area contributed by atoms with Gasteiger partial charge in [0.2, 0.25) is 0 Å². The molecule has 0 N–H and O–H groups in total. The molecule has 160 valence electrons. The number of rotatable bonds is 7. The van der Waals surface area contributed by atoms with Crippen LogP contribution in [0.3, 0.4) is 0 Å². The van der Waals surface area contributed by atoms with Crippen LogP contribution in [0.5, 0.6) is 0 Å². The van der Waals surface area contributed by atoms with Crippen molar-refractivity contribution in [1.29, 1.82) is 0 Å². The minimum absolute atomic E-state index is 0.721. The molecule has 0 aromatic rings. The minimum Gasteiger partial charge on any atom is -0.216 e. The SMILES string of the molecule is C/C(=C\C1CCC(CCC2CCC(C)CC2)CC1)C1CCC(C/C=C/F)CC1. The van der Waals surface area contributed by atoms with Gasteiger partial charge in [0, 0.05) is 0 Å². The van der Waals surface area contributed by atoms with E-state index in [9.17, 15) is 4.39 Å². The van der Waals surface area contributed by atoms with Gasteiger partial charge in [-0.05, 0) is 100 Å². The Morgan fingerprint density at radius 1 is 0.750 bits per heavy atom. The molecule has 0 aromatic carbocycles. The molecule has 3 aliphatic rings. The first-order valence-corrected chi connectivity index (χ1v) is 12.6. The Kier molecular flexibility index (Phi) is 9.12. The normalized spacial score (nSPS) is 38.0. The number of hydrogen-bond acceptors (Lipinski definition) is 0. The van der Waals surface area contributed by atoms with Crippen molar-refractivity contribution >= 4 is 0 Å². The average molecular weight is 389 g/mol. The summed E-state index contributed by atoms with van der Waals surface area (Å²) in [4.78, 5) is 0.